The van der Waals surface area contributed by atoms with E-state index in [-0.39, 0.29) is 11.8 Å². The lowest BCUT2D eigenvalue weighted by Gasteiger charge is -2.23. The monoisotopic (exact) mass is 779 g/mol. The molecule has 0 N–H and O–H groups in total. The summed E-state index contributed by atoms with van der Waals surface area (Å²) in [6.45, 7) is 2.24. The zero-order chi connectivity index (χ0) is 40.7. The van der Waals surface area contributed by atoms with Crippen LogP contribution in [-0.2, 0) is 0 Å². The molecule has 10 aromatic rings. The normalized spacial score (nSPS) is 15.0. The Morgan fingerprint density at radius 3 is 1.43 bits per heavy atom. The van der Waals surface area contributed by atoms with Crippen molar-refractivity contribution in [3.63, 3.8) is 0 Å². The van der Waals surface area contributed by atoms with Crippen LogP contribution in [0.1, 0.15) is 24.2 Å². The second-order valence-electron chi connectivity index (χ2n) is 16.0. The number of nitrogens with zero attached hydrogens (tertiary/aromatic N) is 3. The van der Waals surface area contributed by atoms with Crippen molar-refractivity contribution in [1.82, 2.24) is 15.0 Å². The van der Waals surface area contributed by atoms with Gasteiger partial charge in [0.1, 0.15) is 5.82 Å². The maximum atomic E-state index is 5.31. The summed E-state index contributed by atoms with van der Waals surface area (Å²) in [5, 5.41) is 7.62. The summed E-state index contributed by atoms with van der Waals surface area (Å²) in [5.74, 6) is 2.24. The van der Waals surface area contributed by atoms with Crippen molar-refractivity contribution < 1.29 is 0 Å². The zero-order valence-corrected chi connectivity index (χ0v) is 33.8. The lowest BCUT2D eigenvalue weighted by atomic mass is 9.84. The predicted octanol–water partition coefficient (Wildman–Crippen LogP) is 15.0. The third-order valence-electron chi connectivity index (χ3n) is 12.2. The van der Waals surface area contributed by atoms with E-state index in [1.54, 1.807) is 0 Å². The predicted molar refractivity (Wildman–Crippen MR) is 255 cm³/mol. The molecule has 0 saturated carbocycles. The molecule has 61 heavy (non-hydrogen) atoms. The smallest absolute Gasteiger partial charge is 0.163 e. The first-order valence-corrected chi connectivity index (χ1v) is 21.1. The fourth-order valence-corrected chi connectivity index (χ4v) is 9.06. The second-order valence-corrected chi connectivity index (χ2v) is 16.0. The van der Waals surface area contributed by atoms with Gasteiger partial charge in [-0.2, -0.15) is 0 Å². The van der Waals surface area contributed by atoms with Gasteiger partial charge in [0.15, 0.2) is 11.6 Å². The first-order valence-electron chi connectivity index (χ1n) is 21.1. The largest absolute Gasteiger partial charge is 0.212 e. The van der Waals surface area contributed by atoms with Gasteiger partial charge in [-0.05, 0) is 101 Å². The van der Waals surface area contributed by atoms with Crippen molar-refractivity contribution >= 4 is 37.9 Å². The molecule has 0 fully saturated rings. The first-order chi connectivity index (χ1) is 30.1. The van der Waals surface area contributed by atoms with Gasteiger partial charge >= 0.3 is 0 Å². The molecule has 1 aliphatic rings. The first kappa shape index (κ1) is 36.3. The van der Waals surface area contributed by atoms with Gasteiger partial charge in [-0.1, -0.05) is 207 Å². The Kier molecular flexibility index (Phi) is 9.20. The highest BCUT2D eigenvalue weighted by Gasteiger charge is 2.25. The maximum Gasteiger partial charge on any atom is 0.163 e. The minimum atomic E-state index is -0.0389. The Labute approximate surface area is 356 Å². The van der Waals surface area contributed by atoms with Crippen LogP contribution in [0, 0.1) is 5.92 Å². The Balaban J connectivity index is 1.04. The van der Waals surface area contributed by atoms with E-state index < -0.39 is 0 Å². The molecule has 0 amide bonds. The van der Waals surface area contributed by atoms with Gasteiger partial charge < -0.3 is 0 Å². The van der Waals surface area contributed by atoms with E-state index in [1.165, 1.54) is 54.6 Å². The van der Waals surface area contributed by atoms with Crippen molar-refractivity contribution in [3.05, 3.63) is 230 Å². The summed E-state index contributed by atoms with van der Waals surface area (Å²) < 4.78 is 0. The SMILES string of the molecule is CC1C=CC(c2ccccc2)=CC1c1nc(-c2cccc(-c3ccccc3)c2)nc(-c2cccc(-c3ccccc3-c3ccc4c5ccccc5c5ccccc5c4c3)c2)n1. The van der Waals surface area contributed by atoms with Gasteiger partial charge in [0, 0.05) is 17.0 Å². The standard InChI is InChI=1S/C58H41N3/c1-38-30-31-42(40-18-6-3-7-19-40)36-54(38)58-60-56(45-22-14-20-41(34-45)39-16-4-2-5-17-39)59-57(61-58)46-23-15-21-43(35-46)47-24-8-9-25-48(47)44-32-33-53-51-28-11-10-26-49(51)50-27-12-13-29-52(50)55(53)37-44/h2-38,54H,1H3. The molecular weight excluding hydrogens is 739 g/mol. The highest BCUT2D eigenvalue weighted by molar-refractivity contribution is 6.25. The van der Waals surface area contributed by atoms with Crippen LogP contribution in [0.2, 0.25) is 0 Å². The molecule has 1 aliphatic carbocycles. The molecule has 3 heteroatoms. The molecule has 0 saturated heterocycles. The Morgan fingerprint density at radius 1 is 0.344 bits per heavy atom. The summed E-state index contributed by atoms with van der Waals surface area (Å²) in [6.07, 6.45) is 6.83. The van der Waals surface area contributed by atoms with Crippen LogP contribution in [0.4, 0.5) is 0 Å². The van der Waals surface area contributed by atoms with Crippen LogP contribution < -0.4 is 0 Å². The quantitative estimate of drug-likeness (QED) is 0.151. The van der Waals surface area contributed by atoms with Crippen LogP contribution in [-0.4, -0.2) is 15.0 Å². The molecule has 288 valence electrons. The molecule has 9 aromatic carbocycles. The van der Waals surface area contributed by atoms with Crippen molar-refractivity contribution in [2.45, 2.75) is 12.8 Å². The van der Waals surface area contributed by atoms with E-state index >= 15 is 0 Å². The summed E-state index contributed by atoms with van der Waals surface area (Å²) in [5.41, 5.74) is 11.1. The average molecular weight is 780 g/mol. The molecule has 2 unspecified atom stereocenters. The second kappa shape index (κ2) is 15.4. The molecule has 0 aliphatic heterocycles. The molecule has 11 rings (SSSR count). The fraction of sp³-hybridized carbons (Fsp3) is 0.0517. The maximum absolute atomic E-state index is 5.31. The number of fused-ring (bicyclic) bond motifs is 6. The van der Waals surface area contributed by atoms with Gasteiger partial charge in [0.25, 0.3) is 0 Å². The Bertz CT molecular complexity index is 3290. The number of hydrogen-bond donors (Lipinski definition) is 0. The van der Waals surface area contributed by atoms with E-state index in [2.05, 4.69) is 219 Å². The van der Waals surface area contributed by atoms with Gasteiger partial charge in [-0.15, -0.1) is 0 Å². The fourth-order valence-electron chi connectivity index (χ4n) is 9.06. The van der Waals surface area contributed by atoms with Gasteiger partial charge in [0.05, 0.1) is 0 Å². The van der Waals surface area contributed by atoms with E-state index in [0.717, 1.165) is 39.2 Å². The average Bonchev–Trinajstić information content (AvgIpc) is 3.34. The van der Waals surface area contributed by atoms with Gasteiger partial charge in [-0.3, -0.25) is 0 Å². The van der Waals surface area contributed by atoms with Crippen LogP contribution in [0.5, 0.6) is 0 Å². The zero-order valence-electron chi connectivity index (χ0n) is 33.8. The van der Waals surface area contributed by atoms with E-state index in [1.807, 2.05) is 6.07 Å². The number of rotatable bonds is 7. The lowest BCUT2D eigenvalue weighted by molar-refractivity contribution is 0.602. The Morgan fingerprint density at radius 2 is 0.803 bits per heavy atom. The van der Waals surface area contributed by atoms with E-state index in [4.69, 9.17) is 15.0 Å². The molecule has 1 aromatic heterocycles. The minimum absolute atomic E-state index is 0.0389. The van der Waals surface area contributed by atoms with Crippen LogP contribution in [0.3, 0.4) is 0 Å². The summed E-state index contributed by atoms with van der Waals surface area (Å²) >= 11 is 0. The van der Waals surface area contributed by atoms with Crippen LogP contribution in [0.25, 0.3) is 94.0 Å². The topological polar surface area (TPSA) is 38.7 Å². The molecular formula is C58H41N3. The Hall–Kier alpha value is -7.75. The number of aromatic nitrogens is 3. The lowest BCUT2D eigenvalue weighted by Crippen LogP contribution is -2.14. The summed E-state index contributed by atoms with van der Waals surface area (Å²) in [4.78, 5) is 15.8. The number of allylic oxidation sites excluding steroid dienone is 4. The van der Waals surface area contributed by atoms with Crippen molar-refractivity contribution in [1.29, 1.82) is 0 Å². The minimum Gasteiger partial charge on any atom is -0.212 e. The molecule has 0 radical (unpaired) electrons. The highest BCUT2D eigenvalue weighted by Crippen LogP contribution is 2.41. The van der Waals surface area contributed by atoms with Crippen molar-refractivity contribution in [3.8, 4) is 56.2 Å². The third-order valence-corrected chi connectivity index (χ3v) is 12.2. The number of benzene rings is 9. The van der Waals surface area contributed by atoms with Crippen LogP contribution >= 0.6 is 0 Å². The highest BCUT2D eigenvalue weighted by atomic mass is 15.0. The van der Waals surface area contributed by atoms with E-state index in [0.29, 0.717) is 11.6 Å². The summed E-state index contributed by atoms with van der Waals surface area (Å²) in [6, 6.07) is 71.4. The number of hydrogen-bond acceptors (Lipinski definition) is 3. The molecule has 3 nitrogen and oxygen atoms in total. The summed E-state index contributed by atoms with van der Waals surface area (Å²) in [7, 11) is 0. The molecule has 1 heterocycles. The van der Waals surface area contributed by atoms with Gasteiger partial charge in [-0.25, -0.2) is 15.0 Å². The van der Waals surface area contributed by atoms with Crippen LogP contribution in [0.15, 0.2) is 218 Å². The van der Waals surface area contributed by atoms with E-state index in [9.17, 15) is 0 Å². The molecule has 0 bridgehead atoms. The van der Waals surface area contributed by atoms with Crippen molar-refractivity contribution in [2.75, 3.05) is 0 Å². The third kappa shape index (κ3) is 6.80. The van der Waals surface area contributed by atoms with Crippen molar-refractivity contribution in [2.24, 2.45) is 5.92 Å². The molecule has 0 spiro atoms. The van der Waals surface area contributed by atoms with Gasteiger partial charge in [0.2, 0.25) is 0 Å². The molecule has 2 atom stereocenters.